The zero-order valence-corrected chi connectivity index (χ0v) is 11.8. The van der Waals surface area contributed by atoms with E-state index >= 15 is 0 Å². The summed E-state index contributed by atoms with van der Waals surface area (Å²) in [5.41, 5.74) is 1.18. The van der Waals surface area contributed by atoms with E-state index in [-0.39, 0.29) is 18.2 Å². The van der Waals surface area contributed by atoms with Crippen LogP contribution in [0, 0.1) is 6.92 Å². The number of aryl methyl sites for hydroxylation is 1. The molecule has 0 heterocycles. The second-order valence-corrected chi connectivity index (χ2v) is 6.11. The molecule has 3 N–H and O–H groups in total. The minimum atomic E-state index is -3.18. The lowest BCUT2D eigenvalue weighted by Gasteiger charge is -2.08. The quantitative estimate of drug-likeness (QED) is 0.658. The minimum absolute atomic E-state index is 0.117. The molecule has 106 valence electrons. The van der Waals surface area contributed by atoms with Gasteiger partial charge in [-0.05, 0) is 37.1 Å². The number of nitrogens with one attached hydrogen (secondary N) is 2. The molecule has 1 rings (SSSR count). The lowest BCUT2D eigenvalue weighted by molar-refractivity contribution is 0.0953. The average Bonchev–Trinajstić information content (AvgIpc) is 2.26. The van der Waals surface area contributed by atoms with Gasteiger partial charge in [0, 0.05) is 18.7 Å². The van der Waals surface area contributed by atoms with Crippen molar-refractivity contribution in [2.75, 3.05) is 19.3 Å². The summed E-state index contributed by atoms with van der Waals surface area (Å²) in [7, 11) is -3.18. The van der Waals surface area contributed by atoms with Gasteiger partial charge in [-0.1, -0.05) is 0 Å². The number of sulfonamides is 1. The standard InChI is InChI=1S/C12H18N2O4S/c1-9-8-10(15)4-5-11(9)12(16)13-6-3-7-14-19(2,17)18/h4-5,8,14-15H,3,6-7H2,1-2H3,(H,13,16). The van der Waals surface area contributed by atoms with E-state index in [2.05, 4.69) is 10.0 Å². The molecular weight excluding hydrogens is 268 g/mol. The summed E-state index contributed by atoms with van der Waals surface area (Å²) in [5.74, 6) is -0.122. The van der Waals surface area contributed by atoms with Gasteiger partial charge in [-0.2, -0.15) is 0 Å². The highest BCUT2D eigenvalue weighted by Gasteiger charge is 2.08. The van der Waals surface area contributed by atoms with E-state index in [0.717, 1.165) is 6.26 Å². The molecule has 0 aliphatic rings. The molecule has 0 radical (unpaired) electrons. The van der Waals surface area contributed by atoms with Crippen LogP contribution in [0.2, 0.25) is 0 Å². The fraction of sp³-hybridized carbons (Fsp3) is 0.417. The van der Waals surface area contributed by atoms with Crippen LogP contribution in [0.4, 0.5) is 0 Å². The van der Waals surface area contributed by atoms with E-state index in [1.807, 2.05) is 0 Å². The molecule has 0 saturated carbocycles. The molecule has 0 atom stereocenters. The maximum atomic E-state index is 11.8. The van der Waals surface area contributed by atoms with E-state index in [9.17, 15) is 18.3 Å². The summed E-state index contributed by atoms with van der Waals surface area (Å²) in [6.07, 6.45) is 1.60. The van der Waals surface area contributed by atoms with Crippen molar-refractivity contribution in [3.63, 3.8) is 0 Å². The summed E-state index contributed by atoms with van der Waals surface area (Å²) in [6, 6.07) is 4.52. The molecule has 0 bridgehead atoms. The second kappa shape index (κ2) is 6.53. The summed E-state index contributed by atoms with van der Waals surface area (Å²) in [4.78, 5) is 11.8. The van der Waals surface area contributed by atoms with Crippen LogP contribution in [0.15, 0.2) is 18.2 Å². The molecular formula is C12H18N2O4S. The third-order valence-electron chi connectivity index (χ3n) is 2.46. The van der Waals surface area contributed by atoms with Crippen LogP contribution in [-0.2, 0) is 10.0 Å². The van der Waals surface area contributed by atoms with E-state index in [1.165, 1.54) is 12.1 Å². The zero-order chi connectivity index (χ0) is 14.5. The van der Waals surface area contributed by atoms with Crippen molar-refractivity contribution in [2.45, 2.75) is 13.3 Å². The van der Waals surface area contributed by atoms with Crippen molar-refractivity contribution in [1.29, 1.82) is 0 Å². The summed E-state index contributed by atoms with van der Waals surface area (Å²) >= 11 is 0. The summed E-state index contributed by atoms with van der Waals surface area (Å²) < 4.78 is 24.0. The predicted octanol–water partition coefficient (Wildman–Crippen LogP) is 0.370. The number of phenolic OH excluding ortho intramolecular Hbond substituents is 1. The van der Waals surface area contributed by atoms with Crippen LogP contribution < -0.4 is 10.0 Å². The number of hydrogen-bond donors (Lipinski definition) is 3. The van der Waals surface area contributed by atoms with Crippen molar-refractivity contribution in [1.82, 2.24) is 10.0 Å². The van der Waals surface area contributed by atoms with Crippen LogP contribution in [0.5, 0.6) is 5.75 Å². The van der Waals surface area contributed by atoms with Crippen LogP contribution in [0.1, 0.15) is 22.3 Å². The Morgan fingerprint density at radius 1 is 1.32 bits per heavy atom. The van der Waals surface area contributed by atoms with Gasteiger partial charge in [0.15, 0.2) is 0 Å². The smallest absolute Gasteiger partial charge is 0.251 e. The number of benzene rings is 1. The van der Waals surface area contributed by atoms with Gasteiger partial charge in [0.2, 0.25) is 10.0 Å². The molecule has 7 heteroatoms. The van der Waals surface area contributed by atoms with Gasteiger partial charge >= 0.3 is 0 Å². The third-order valence-corrected chi connectivity index (χ3v) is 3.19. The SMILES string of the molecule is Cc1cc(O)ccc1C(=O)NCCCNS(C)(=O)=O. The average molecular weight is 286 g/mol. The molecule has 1 aromatic rings. The van der Waals surface area contributed by atoms with Crippen LogP contribution in [-0.4, -0.2) is 38.8 Å². The Labute approximate surface area is 112 Å². The Morgan fingerprint density at radius 2 is 2.00 bits per heavy atom. The Kier molecular flexibility index (Phi) is 5.31. The van der Waals surface area contributed by atoms with E-state index in [0.29, 0.717) is 24.1 Å². The number of amides is 1. The predicted molar refractivity (Wildman–Crippen MR) is 72.6 cm³/mol. The van der Waals surface area contributed by atoms with Crippen LogP contribution >= 0.6 is 0 Å². The van der Waals surface area contributed by atoms with Crippen molar-refractivity contribution in [3.8, 4) is 5.75 Å². The molecule has 0 aliphatic carbocycles. The van der Waals surface area contributed by atoms with Crippen molar-refractivity contribution < 1.29 is 18.3 Å². The minimum Gasteiger partial charge on any atom is -0.508 e. The lowest BCUT2D eigenvalue weighted by atomic mass is 10.1. The van der Waals surface area contributed by atoms with Crippen LogP contribution in [0.3, 0.4) is 0 Å². The molecule has 0 fully saturated rings. The van der Waals surface area contributed by atoms with E-state index < -0.39 is 10.0 Å². The highest BCUT2D eigenvalue weighted by atomic mass is 32.2. The van der Waals surface area contributed by atoms with Crippen molar-refractivity contribution in [3.05, 3.63) is 29.3 Å². The van der Waals surface area contributed by atoms with Gasteiger partial charge in [0.1, 0.15) is 5.75 Å². The Hall–Kier alpha value is -1.60. The topological polar surface area (TPSA) is 95.5 Å². The number of rotatable bonds is 6. The van der Waals surface area contributed by atoms with E-state index in [4.69, 9.17) is 0 Å². The molecule has 6 nitrogen and oxygen atoms in total. The van der Waals surface area contributed by atoms with Gasteiger partial charge < -0.3 is 10.4 Å². The molecule has 0 spiro atoms. The van der Waals surface area contributed by atoms with Crippen LogP contribution in [0.25, 0.3) is 0 Å². The number of carbonyl (C=O) groups is 1. The second-order valence-electron chi connectivity index (χ2n) is 4.28. The van der Waals surface area contributed by atoms with Crippen molar-refractivity contribution >= 4 is 15.9 Å². The fourth-order valence-electron chi connectivity index (χ4n) is 1.55. The number of carbonyl (C=O) groups excluding carboxylic acids is 1. The molecule has 19 heavy (non-hydrogen) atoms. The zero-order valence-electron chi connectivity index (χ0n) is 10.9. The Balaban J connectivity index is 2.39. The number of hydrogen-bond acceptors (Lipinski definition) is 4. The number of phenols is 1. The molecule has 0 aliphatic heterocycles. The monoisotopic (exact) mass is 286 g/mol. The first kappa shape index (κ1) is 15.5. The van der Waals surface area contributed by atoms with Gasteiger partial charge in [0.05, 0.1) is 6.26 Å². The maximum absolute atomic E-state index is 11.8. The molecule has 0 aromatic heterocycles. The maximum Gasteiger partial charge on any atom is 0.251 e. The summed E-state index contributed by atoms with van der Waals surface area (Å²) in [5, 5.41) is 11.9. The third kappa shape index (κ3) is 5.71. The highest BCUT2D eigenvalue weighted by Crippen LogP contribution is 2.15. The molecule has 1 amide bonds. The molecule has 0 saturated heterocycles. The van der Waals surface area contributed by atoms with Gasteiger partial charge in [-0.25, -0.2) is 13.1 Å². The van der Waals surface area contributed by atoms with Gasteiger partial charge in [0.25, 0.3) is 5.91 Å². The van der Waals surface area contributed by atoms with Crippen molar-refractivity contribution in [2.24, 2.45) is 0 Å². The largest absolute Gasteiger partial charge is 0.508 e. The first-order valence-corrected chi connectivity index (χ1v) is 7.71. The molecule has 0 unspecified atom stereocenters. The fourth-order valence-corrected chi connectivity index (χ4v) is 2.06. The van der Waals surface area contributed by atoms with E-state index in [1.54, 1.807) is 13.0 Å². The first-order chi connectivity index (χ1) is 8.79. The lowest BCUT2D eigenvalue weighted by Crippen LogP contribution is -2.29. The Morgan fingerprint density at radius 3 is 2.58 bits per heavy atom. The van der Waals surface area contributed by atoms with Gasteiger partial charge in [-0.15, -0.1) is 0 Å². The normalized spacial score (nSPS) is 11.3. The summed E-state index contributed by atoms with van der Waals surface area (Å²) in [6.45, 7) is 2.40. The number of aromatic hydroxyl groups is 1. The first-order valence-electron chi connectivity index (χ1n) is 5.82. The highest BCUT2D eigenvalue weighted by molar-refractivity contribution is 7.88. The Bertz CT molecular complexity index is 555. The van der Waals surface area contributed by atoms with Gasteiger partial charge in [-0.3, -0.25) is 4.79 Å². The molecule has 1 aromatic carbocycles.